The highest BCUT2D eigenvalue weighted by Gasteiger charge is 2.42. The Morgan fingerprint density at radius 1 is 1.33 bits per heavy atom. The van der Waals surface area contributed by atoms with Crippen LogP contribution in [0.15, 0.2) is 6.20 Å². The second kappa shape index (κ2) is 5.30. The lowest BCUT2D eigenvalue weighted by atomic mass is 9.89. The van der Waals surface area contributed by atoms with E-state index in [1.54, 1.807) is 0 Å². The molecule has 1 aromatic heterocycles. The molecule has 0 saturated heterocycles. The maximum atomic E-state index is 12.7. The first-order valence-electron chi connectivity index (χ1n) is 6.16. The van der Waals surface area contributed by atoms with Gasteiger partial charge >= 0.3 is 6.18 Å². The molecule has 3 nitrogen and oxygen atoms in total. The fourth-order valence-electron chi connectivity index (χ4n) is 2.51. The average Bonchev–Trinajstić information content (AvgIpc) is 2.78. The number of alkyl halides is 3. The van der Waals surface area contributed by atoms with Gasteiger partial charge in [-0.25, -0.2) is 4.98 Å². The Morgan fingerprint density at radius 3 is 2.56 bits per heavy atom. The van der Waals surface area contributed by atoms with Gasteiger partial charge in [-0.3, -0.25) is 0 Å². The summed E-state index contributed by atoms with van der Waals surface area (Å²) in [5.74, 6) is 0.925. The van der Waals surface area contributed by atoms with Crippen LogP contribution in [0.1, 0.15) is 55.6 Å². The highest BCUT2D eigenvalue weighted by Crippen LogP contribution is 2.36. The number of halogens is 3. The summed E-state index contributed by atoms with van der Waals surface area (Å²) in [6.45, 7) is 0. The summed E-state index contributed by atoms with van der Waals surface area (Å²) in [6, 6.07) is 0. The Labute approximate surface area is 104 Å². The minimum Gasteiger partial charge on any atom is -0.366 e. The van der Waals surface area contributed by atoms with Crippen molar-refractivity contribution in [2.24, 2.45) is 0 Å². The molecule has 1 saturated carbocycles. The Hall–Kier alpha value is -1.04. The number of hydrogen-bond donors (Lipinski definition) is 1. The standard InChI is InChI=1S/C12H17F3N2O/c1-18-10(12(13,14)15)9-7-16-11(17-9)8-5-3-2-4-6-8/h7-8,10H,2-6H2,1H3,(H,16,17). The molecule has 0 bridgehead atoms. The van der Waals surface area contributed by atoms with Crippen molar-refractivity contribution in [1.29, 1.82) is 0 Å². The summed E-state index contributed by atoms with van der Waals surface area (Å²) in [7, 11) is 1.05. The maximum absolute atomic E-state index is 12.7. The van der Waals surface area contributed by atoms with Crippen molar-refractivity contribution >= 4 is 0 Å². The van der Waals surface area contributed by atoms with Crippen molar-refractivity contribution < 1.29 is 17.9 Å². The van der Waals surface area contributed by atoms with E-state index in [0.717, 1.165) is 32.8 Å². The zero-order chi connectivity index (χ0) is 13.2. The van der Waals surface area contributed by atoms with Gasteiger partial charge in [0, 0.05) is 13.0 Å². The molecule has 0 radical (unpaired) electrons. The van der Waals surface area contributed by atoms with E-state index < -0.39 is 12.3 Å². The van der Waals surface area contributed by atoms with Gasteiger partial charge in [-0.15, -0.1) is 0 Å². The first kappa shape index (κ1) is 13.4. The molecular weight excluding hydrogens is 245 g/mol. The van der Waals surface area contributed by atoms with E-state index in [0.29, 0.717) is 5.82 Å². The quantitative estimate of drug-likeness (QED) is 0.901. The van der Waals surface area contributed by atoms with Gasteiger partial charge in [0.1, 0.15) is 5.82 Å². The first-order valence-corrected chi connectivity index (χ1v) is 6.16. The lowest BCUT2D eigenvalue weighted by Crippen LogP contribution is -2.22. The van der Waals surface area contributed by atoms with Crippen LogP contribution in [0.4, 0.5) is 13.2 Å². The number of ether oxygens (including phenoxy) is 1. The largest absolute Gasteiger partial charge is 0.420 e. The number of rotatable bonds is 3. The summed E-state index contributed by atoms with van der Waals surface area (Å²) in [5.41, 5.74) is -0.00873. The van der Waals surface area contributed by atoms with Gasteiger partial charge < -0.3 is 9.72 Å². The van der Waals surface area contributed by atoms with Crippen LogP contribution in [0.3, 0.4) is 0 Å². The molecule has 1 aliphatic carbocycles. The lowest BCUT2D eigenvalue weighted by molar-refractivity contribution is -0.217. The summed E-state index contributed by atoms with van der Waals surface area (Å²) in [6.07, 6.45) is 0.348. The normalized spacial score (nSPS) is 20.0. The summed E-state index contributed by atoms with van der Waals surface area (Å²) < 4.78 is 42.6. The summed E-state index contributed by atoms with van der Waals surface area (Å²) >= 11 is 0. The molecule has 1 heterocycles. The Balaban J connectivity index is 2.13. The fraction of sp³-hybridized carbons (Fsp3) is 0.750. The van der Waals surface area contributed by atoms with Crippen molar-refractivity contribution in [3.05, 3.63) is 17.7 Å². The molecule has 1 fully saturated rings. The number of aromatic amines is 1. The van der Waals surface area contributed by atoms with E-state index in [4.69, 9.17) is 0 Å². The average molecular weight is 262 g/mol. The van der Waals surface area contributed by atoms with Crippen molar-refractivity contribution in [1.82, 2.24) is 9.97 Å². The number of aromatic nitrogens is 2. The number of H-pyrrole nitrogens is 1. The van der Waals surface area contributed by atoms with Crippen LogP contribution in [-0.4, -0.2) is 23.3 Å². The molecule has 2 rings (SSSR count). The van der Waals surface area contributed by atoms with Gasteiger partial charge in [0.05, 0.1) is 11.9 Å². The van der Waals surface area contributed by atoms with E-state index in [1.165, 1.54) is 12.6 Å². The van der Waals surface area contributed by atoms with Gasteiger partial charge in [0.25, 0.3) is 0 Å². The predicted molar refractivity (Wildman–Crippen MR) is 60.2 cm³/mol. The maximum Gasteiger partial charge on any atom is 0.420 e. The van der Waals surface area contributed by atoms with Crippen LogP contribution in [0, 0.1) is 0 Å². The molecule has 1 unspecified atom stereocenters. The van der Waals surface area contributed by atoms with Crippen molar-refractivity contribution in [3.8, 4) is 0 Å². The van der Waals surface area contributed by atoms with Gasteiger partial charge in [0.2, 0.25) is 0 Å². The van der Waals surface area contributed by atoms with Gasteiger partial charge in [-0.2, -0.15) is 13.2 Å². The predicted octanol–water partition coefficient (Wildman–Crippen LogP) is 3.71. The smallest absolute Gasteiger partial charge is 0.366 e. The number of nitrogens with one attached hydrogen (secondary N) is 1. The minimum absolute atomic E-state index is 0.00873. The van der Waals surface area contributed by atoms with E-state index >= 15 is 0 Å². The zero-order valence-corrected chi connectivity index (χ0v) is 10.3. The first-order chi connectivity index (χ1) is 8.52. The zero-order valence-electron chi connectivity index (χ0n) is 10.3. The highest BCUT2D eigenvalue weighted by molar-refractivity contribution is 5.10. The molecule has 1 N–H and O–H groups in total. The minimum atomic E-state index is -4.41. The van der Waals surface area contributed by atoms with Crippen molar-refractivity contribution in [2.75, 3.05) is 7.11 Å². The third kappa shape index (κ3) is 2.85. The Kier molecular flexibility index (Phi) is 3.94. The van der Waals surface area contributed by atoms with E-state index in [-0.39, 0.29) is 11.6 Å². The molecule has 6 heteroatoms. The summed E-state index contributed by atoms with van der Waals surface area (Å²) in [4.78, 5) is 6.87. The Morgan fingerprint density at radius 2 is 2.00 bits per heavy atom. The van der Waals surface area contributed by atoms with E-state index in [9.17, 15) is 13.2 Å². The monoisotopic (exact) mass is 262 g/mol. The SMILES string of the molecule is COC(c1cnc(C2CCCCC2)[nH]1)C(F)(F)F. The molecule has 0 amide bonds. The van der Waals surface area contributed by atoms with Crippen LogP contribution >= 0.6 is 0 Å². The third-order valence-electron chi connectivity index (χ3n) is 3.42. The molecule has 1 aromatic rings. The molecule has 1 atom stereocenters. The number of methoxy groups -OCH3 is 1. The molecule has 0 aromatic carbocycles. The molecule has 18 heavy (non-hydrogen) atoms. The number of nitrogens with zero attached hydrogens (tertiary/aromatic N) is 1. The second-order valence-corrected chi connectivity index (χ2v) is 4.72. The molecule has 102 valence electrons. The van der Waals surface area contributed by atoms with Gasteiger partial charge in [-0.05, 0) is 12.8 Å². The number of imidazole rings is 1. The van der Waals surface area contributed by atoms with Crippen LogP contribution < -0.4 is 0 Å². The van der Waals surface area contributed by atoms with Crippen molar-refractivity contribution in [2.45, 2.75) is 50.3 Å². The van der Waals surface area contributed by atoms with E-state index in [2.05, 4.69) is 14.7 Å². The van der Waals surface area contributed by atoms with Crippen LogP contribution in [0.2, 0.25) is 0 Å². The topological polar surface area (TPSA) is 37.9 Å². The molecular formula is C12H17F3N2O. The van der Waals surface area contributed by atoms with Gasteiger partial charge in [-0.1, -0.05) is 19.3 Å². The molecule has 0 spiro atoms. The number of hydrogen-bond acceptors (Lipinski definition) is 2. The summed E-state index contributed by atoms with van der Waals surface area (Å²) in [5, 5.41) is 0. The lowest BCUT2D eigenvalue weighted by Gasteiger charge is -2.20. The molecule has 0 aliphatic heterocycles. The van der Waals surface area contributed by atoms with Crippen molar-refractivity contribution in [3.63, 3.8) is 0 Å². The highest BCUT2D eigenvalue weighted by atomic mass is 19.4. The van der Waals surface area contributed by atoms with Crippen LogP contribution in [-0.2, 0) is 4.74 Å². The second-order valence-electron chi connectivity index (χ2n) is 4.72. The Bertz CT molecular complexity index is 383. The van der Waals surface area contributed by atoms with E-state index in [1.807, 2.05) is 0 Å². The third-order valence-corrected chi connectivity index (χ3v) is 3.42. The van der Waals surface area contributed by atoms with Crippen LogP contribution in [0.25, 0.3) is 0 Å². The van der Waals surface area contributed by atoms with Gasteiger partial charge in [0.15, 0.2) is 6.10 Å². The fourth-order valence-corrected chi connectivity index (χ4v) is 2.51. The molecule has 1 aliphatic rings. The van der Waals surface area contributed by atoms with Crippen LogP contribution in [0.5, 0.6) is 0 Å².